The Morgan fingerprint density at radius 3 is 2.57 bits per heavy atom. The molecule has 0 unspecified atom stereocenters. The molecule has 1 heterocycles. The second-order valence-electron chi connectivity index (χ2n) is 6.31. The van der Waals surface area contributed by atoms with Crippen molar-refractivity contribution in [3.63, 3.8) is 0 Å². The molecule has 1 atom stereocenters. The smallest absolute Gasteiger partial charge is 0.220 e. The highest BCUT2D eigenvalue weighted by Crippen LogP contribution is 2.39. The number of hydrogen-bond donors (Lipinski definition) is 0. The number of hydrogen-bond acceptors (Lipinski definition) is 7. The molecule has 158 valence electrons. The topological polar surface area (TPSA) is 92.3 Å². The van der Waals surface area contributed by atoms with Crippen LogP contribution in [0.5, 0.6) is 11.5 Å². The van der Waals surface area contributed by atoms with Gasteiger partial charge in [-0.05, 0) is 55.8 Å². The number of rotatable bonds is 9. The highest BCUT2D eigenvalue weighted by Gasteiger charge is 2.25. The summed E-state index contributed by atoms with van der Waals surface area (Å²) in [6.45, 7) is 3.78. The average Bonchev–Trinajstić information content (AvgIpc) is 3.08. The third kappa shape index (κ3) is 4.88. The molecule has 30 heavy (non-hydrogen) atoms. The summed E-state index contributed by atoms with van der Waals surface area (Å²) in [5.74, 6) is 1.30. The first-order valence-electron chi connectivity index (χ1n) is 9.20. The van der Waals surface area contributed by atoms with Gasteiger partial charge in [-0.2, -0.15) is 0 Å². The molecule has 0 aliphatic rings. The lowest BCUT2D eigenvalue weighted by Gasteiger charge is -2.16. The van der Waals surface area contributed by atoms with Gasteiger partial charge in [0.15, 0.2) is 16.7 Å². The first kappa shape index (κ1) is 21.6. The van der Waals surface area contributed by atoms with Gasteiger partial charge in [0.05, 0.1) is 13.7 Å². The Hall–Kier alpha value is -3.14. The van der Waals surface area contributed by atoms with Crippen molar-refractivity contribution in [2.24, 2.45) is 0 Å². The number of thioether (sulfide) groups is 1. The second kappa shape index (κ2) is 9.57. The van der Waals surface area contributed by atoms with E-state index in [4.69, 9.17) is 9.47 Å². The van der Waals surface area contributed by atoms with E-state index in [0.717, 1.165) is 0 Å². The Kier molecular flexibility index (Phi) is 6.88. The van der Waals surface area contributed by atoms with Gasteiger partial charge in [-0.15, -0.1) is 10.2 Å². The van der Waals surface area contributed by atoms with E-state index in [-0.39, 0.29) is 17.3 Å². The summed E-state index contributed by atoms with van der Waals surface area (Å²) in [5.41, 5.74) is 1.37. The number of aromatic nitrogens is 3. The molecule has 0 bridgehead atoms. The molecule has 0 saturated carbocycles. The van der Waals surface area contributed by atoms with Crippen LogP contribution in [-0.2, 0) is 0 Å². The molecular weight excluding hydrogens is 411 g/mol. The van der Waals surface area contributed by atoms with Crippen LogP contribution >= 0.6 is 11.8 Å². The van der Waals surface area contributed by atoms with Gasteiger partial charge in [-0.1, -0.05) is 17.8 Å². The molecule has 0 amide bonds. The fourth-order valence-electron chi connectivity index (χ4n) is 2.94. The Morgan fingerprint density at radius 1 is 1.20 bits per heavy atom. The first-order chi connectivity index (χ1) is 14.4. The zero-order chi connectivity index (χ0) is 21.7. The van der Waals surface area contributed by atoms with Gasteiger partial charge in [0.2, 0.25) is 6.54 Å². The summed E-state index contributed by atoms with van der Waals surface area (Å²) in [4.78, 5) is 11.0. The standard InChI is InChI=1S/C20H21FN4O4S/c1-4-29-17-10-5-14(11-18(17)28-3)19(12-24(26)27)30-20-23-22-13(2)25(20)16-8-6-15(21)7-9-16/h5-11,19H,4,12H2,1-3H3/t19-/m1/s1. The van der Waals surface area contributed by atoms with Gasteiger partial charge in [-0.25, -0.2) is 4.39 Å². The monoisotopic (exact) mass is 432 g/mol. The molecule has 0 saturated heterocycles. The summed E-state index contributed by atoms with van der Waals surface area (Å²) in [5, 5.41) is 19.5. The fourth-order valence-corrected chi connectivity index (χ4v) is 4.10. The number of nitrogens with zero attached hydrogens (tertiary/aromatic N) is 4. The molecule has 0 fully saturated rings. The van der Waals surface area contributed by atoms with Crippen LogP contribution in [0.15, 0.2) is 47.6 Å². The van der Waals surface area contributed by atoms with Crippen LogP contribution in [0.25, 0.3) is 5.69 Å². The number of aryl methyl sites for hydroxylation is 1. The van der Waals surface area contributed by atoms with Gasteiger partial charge in [0.25, 0.3) is 0 Å². The molecule has 0 aliphatic carbocycles. The van der Waals surface area contributed by atoms with Crippen molar-refractivity contribution in [2.75, 3.05) is 20.3 Å². The zero-order valence-corrected chi connectivity index (χ0v) is 17.6. The van der Waals surface area contributed by atoms with Gasteiger partial charge >= 0.3 is 0 Å². The van der Waals surface area contributed by atoms with E-state index >= 15 is 0 Å². The molecule has 3 aromatic rings. The minimum atomic E-state index is -0.549. The van der Waals surface area contributed by atoms with Crippen molar-refractivity contribution in [1.29, 1.82) is 0 Å². The van der Waals surface area contributed by atoms with Crippen LogP contribution in [0.2, 0.25) is 0 Å². The van der Waals surface area contributed by atoms with Crippen LogP contribution in [0.1, 0.15) is 23.6 Å². The van der Waals surface area contributed by atoms with Gasteiger partial charge in [-0.3, -0.25) is 14.7 Å². The van der Waals surface area contributed by atoms with E-state index in [1.54, 1.807) is 41.8 Å². The van der Waals surface area contributed by atoms with Crippen molar-refractivity contribution in [3.8, 4) is 17.2 Å². The summed E-state index contributed by atoms with van der Waals surface area (Å²) in [7, 11) is 1.52. The Balaban J connectivity index is 1.97. The molecule has 8 nitrogen and oxygen atoms in total. The van der Waals surface area contributed by atoms with E-state index < -0.39 is 5.25 Å². The van der Waals surface area contributed by atoms with Crippen molar-refractivity contribution >= 4 is 11.8 Å². The molecule has 0 N–H and O–H groups in total. The summed E-state index contributed by atoms with van der Waals surface area (Å²) in [6, 6.07) is 11.2. The van der Waals surface area contributed by atoms with Gasteiger partial charge < -0.3 is 9.47 Å². The Bertz CT molecular complexity index is 1030. The second-order valence-corrected chi connectivity index (χ2v) is 7.48. The summed E-state index contributed by atoms with van der Waals surface area (Å²) >= 11 is 1.21. The number of benzene rings is 2. The fraction of sp³-hybridized carbons (Fsp3) is 0.300. The maximum absolute atomic E-state index is 13.3. The van der Waals surface area contributed by atoms with Crippen LogP contribution in [0.4, 0.5) is 4.39 Å². The highest BCUT2D eigenvalue weighted by atomic mass is 32.2. The third-order valence-corrected chi connectivity index (χ3v) is 5.48. The number of methoxy groups -OCH3 is 1. The molecule has 2 aromatic carbocycles. The van der Waals surface area contributed by atoms with Crippen LogP contribution in [-0.4, -0.2) is 39.9 Å². The van der Waals surface area contributed by atoms with E-state index in [0.29, 0.717) is 40.3 Å². The average molecular weight is 432 g/mol. The number of ether oxygens (including phenoxy) is 2. The quantitative estimate of drug-likeness (QED) is 0.284. The predicted molar refractivity (Wildman–Crippen MR) is 111 cm³/mol. The zero-order valence-electron chi connectivity index (χ0n) is 16.7. The lowest BCUT2D eigenvalue weighted by Crippen LogP contribution is -2.11. The number of nitro groups is 1. The first-order valence-corrected chi connectivity index (χ1v) is 10.1. The lowest BCUT2D eigenvalue weighted by atomic mass is 10.1. The molecule has 10 heteroatoms. The predicted octanol–water partition coefficient (Wildman–Crippen LogP) is 4.23. The molecule has 0 spiro atoms. The van der Waals surface area contributed by atoms with E-state index in [1.165, 1.54) is 31.0 Å². The van der Waals surface area contributed by atoms with Crippen molar-refractivity contribution < 1.29 is 18.8 Å². The minimum absolute atomic E-state index is 0.322. The van der Waals surface area contributed by atoms with Crippen molar-refractivity contribution in [2.45, 2.75) is 24.3 Å². The van der Waals surface area contributed by atoms with Crippen LogP contribution in [0, 0.1) is 22.9 Å². The SMILES string of the molecule is CCOc1ccc([C@@H](C[N+](=O)[O-])Sc2nnc(C)n2-c2ccc(F)cc2)cc1OC. The third-order valence-electron chi connectivity index (χ3n) is 4.30. The lowest BCUT2D eigenvalue weighted by molar-refractivity contribution is -0.479. The van der Waals surface area contributed by atoms with Crippen molar-refractivity contribution in [3.05, 3.63) is 69.8 Å². The van der Waals surface area contributed by atoms with Crippen LogP contribution < -0.4 is 9.47 Å². The molecule has 3 rings (SSSR count). The maximum atomic E-state index is 13.3. The molecular formula is C20H21FN4O4S. The number of halogens is 1. The highest BCUT2D eigenvalue weighted by molar-refractivity contribution is 7.99. The largest absolute Gasteiger partial charge is 0.493 e. The van der Waals surface area contributed by atoms with E-state index in [2.05, 4.69) is 10.2 Å². The Labute approximate surface area is 177 Å². The minimum Gasteiger partial charge on any atom is -0.493 e. The molecule has 0 radical (unpaired) electrons. The molecule has 1 aromatic heterocycles. The van der Waals surface area contributed by atoms with E-state index in [9.17, 15) is 14.5 Å². The normalized spacial score (nSPS) is 11.9. The van der Waals surface area contributed by atoms with Crippen LogP contribution in [0.3, 0.4) is 0 Å². The van der Waals surface area contributed by atoms with Gasteiger partial charge in [0, 0.05) is 10.6 Å². The Morgan fingerprint density at radius 2 is 1.93 bits per heavy atom. The summed E-state index contributed by atoms with van der Waals surface area (Å²) in [6.07, 6.45) is 0. The molecule has 0 aliphatic heterocycles. The van der Waals surface area contributed by atoms with Crippen molar-refractivity contribution in [1.82, 2.24) is 14.8 Å². The summed E-state index contributed by atoms with van der Waals surface area (Å²) < 4.78 is 26.0. The van der Waals surface area contributed by atoms with E-state index in [1.807, 2.05) is 6.92 Å². The maximum Gasteiger partial charge on any atom is 0.220 e. The van der Waals surface area contributed by atoms with Gasteiger partial charge in [0.1, 0.15) is 16.9 Å².